The monoisotopic (exact) mass is 242 g/mol. The second kappa shape index (κ2) is 7.67. The molecule has 0 aliphatic heterocycles. The second-order valence-electron chi connectivity index (χ2n) is 4.98. The maximum atomic E-state index is 11.8. The van der Waals surface area contributed by atoms with Gasteiger partial charge in [-0.05, 0) is 25.2 Å². The predicted octanol–water partition coefficient (Wildman–Crippen LogP) is 1.44. The fourth-order valence-corrected chi connectivity index (χ4v) is 2.63. The molecule has 1 aliphatic rings. The highest BCUT2D eigenvalue weighted by Crippen LogP contribution is 2.27. The van der Waals surface area contributed by atoms with Gasteiger partial charge in [-0.15, -0.1) is 0 Å². The molecular formula is C13H26N2O2. The zero-order valence-electron chi connectivity index (χ0n) is 11.1. The van der Waals surface area contributed by atoms with Gasteiger partial charge in [0.25, 0.3) is 0 Å². The topological polar surface area (TPSA) is 64.4 Å². The molecule has 1 aliphatic carbocycles. The van der Waals surface area contributed by atoms with Crippen LogP contribution in [0.25, 0.3) is 0 Å². The minimum Gasteiger partial charge on any atom is -0.383 e. The first-order valence-corrected chi connectivity index (χ1v) is 6.74. The molecule has 100 valence electrons. The quantitative estimate of drug-likeness (QED) is 0.740. The van der Waals surface area contributed by atoms with E-state index in [1.807, 2.05) is 0 Å². The van der Waals surface area contributed by atoms with Gasteiger partial charge < -0.3 is 15.8 Å². The van der Waals surface area contributed by atoms with Crippen LogP contribution in [-0.2, 0) is 9.53 Å². The Bertz CT molecular complexity index is 227. The molecule has 0 radical (unpaired) electrons. The number of nitrogens with two attached hydrogens (primary N) is 1. The lowest BCUT2D eigenvalue weighted by molar-refractivity contribution is -0.124. The molecule has 1 rings (SSSR count). The lowest BCUT2D eigenvalue weighted by Crippen LogP contribution is -2.49. The van der Waals surface area contributed by atoms with Crippen molar-refractivity contribution in [2.24, 2.45) is 11.7 Å². The lowest BCUT2D eigenvalue weighted by Gasteiger charge is -2.31. The number of methoxy groups -OCH3 is 1. The number of carbonyl (C=O) groups is 1. The molecule has 3 N–H and O–H groups in total. The molecule has 4 heteroatoms. The fourth-order valence-electron chi connectivity index (χ4n) is 2.63. The van der Waals surface area contributed by atoms with Gasteiger partial charge in [0.1, 0.15) is 6.04 Å². The van der Waals surface area contributed by atoms with E-state index in [0.717, 1.165) is 6.42 Å². The highest BCUT2D eigenvalue weighted by atomic mass is 16.5. The summed E-state index contributed by atoms with van der Waals surface area (Å²) in [4.78, 5) is 11.8. The normalized spacial score (nSPS) is 20.9. The second-order valence-corrected chi connectivity index (χ2v) is 4.98. The van der Waals surface area contributed by atoms with E-state index in [2.05, 4.69) is 12.2 Å². The Labute approximate surface area is 104 Å². The molecule has 0 aromatic heterocycles. The van der Waals surface area contributed by atoms with E-state index in [0.29, 0.717) is 5.92 Å². The molecule has 17 heavy (non-hydrogen) atoms. The number of amides is 1. The summed E-state index contributed by atoms with van der Waals surface area (Å²) >= 11 is 0. The van der Waals surface area contributed by atoms with E-state index in [9.17, 15) is 4.79 Å². The van der Waals surface area contributed by atoms with Crippen LogP contribution in [0.2, 0.25) is 0 Å². The number of ether oxygens (including phenoxy) is 1. The Morgan fingerprint density at radius 1 is 1.41 bits per heavy atom. The Balaban J connectivity index is 2.42. The number of hydrogen-bond acceptors (Lipinski definition) is 3. The van der Waals surface area contributed by atoms with Crippen molar-refractivity contribution >= 4 is 5.91 Å². The molecule has 0 bridgehead atoms. The number of rotatable bonds is 6. The summed E-state index contributed by atoms with van der Waals surface area (Å²) in [5, 5.41) is 3.08. The van der Waals surface area contributed by atoms with Crippen LogP contribution in [0.5, 0.6) is 0 Å². The molecular weight excluding hydrogens is 216 g/mol. The van der Waals surface area contributed by atoms with Gasteiger partial charge in [0, 0.05) is 13.2 Å². The van der Waals surface area contributed by atoms with Crippen LogP contribution in [0.1, 0.15) is 45.4 Å². The summed E-state index contributed by atoms with van der Waals surface area (Å²) in [7, 11) is 1.56. The van der Waals surface area contributed by atoms with Gasteiger partial charge in [0.05, 0.1) is 6.61 Å². The molecule has 0 aromatic carbocycles. The first kappa shape index (κ1) is 14.5. The van der Waals surface area contributed by atoms with Crippen molar-refractivity contribution in [2.75, 3.05) is 13.7 Å². The maximum absolute atomic E-state index is 11.8. The third-order valence-electron chi connectivity index (χ3n) is 3.67. The summed E-state index contributed by atoms with van der Waals surface area (Å²) in [5.74, 6) is 0.553. The van der Waals surface area contributed by atoms with E-state index in [1.54, 1.807) is 7.11 Å². The molecule has 0 heterocycles. The van der Waals surface area contributed by atoms with Crippen LogP contribution < -0.4 is 11.1 Å². The van der Waals surface area contributed by atoms with Crippen molar-refractivity contribution in [1.29, 1.82) is 0 Å². The van der Waals surface area contributed by atoms with Gasteiger partial charge in [-0.25, -0.2) is 0 Å². The standard InChI is InChI=1S/C13H26N2O2/c1-3-12(10-7-5-4-6-8-10)15-13(16)11(14)9-17-2/h10-12H,3-9,14H2,1-2H3,(H,15,16). The van der Waals surface area contributed by atoms with Crippen molar-refractivity contribution in [1.82, 2.24) is 5.32 Å². The summed E-state index contributed by atoms with van der Waals surface area (Å²) in [6, 6.07) is -0.261. The molecule has 1 saturated carbocycles. The highest BCUT2D eigenvalue weighted by Gasteiger charge is 2.25. The van der Waals surface area contributed by atoms with Gasteiger partial charge in [-0.2, -0.15) is 0 Å². The smallest absolute Gasteiger partial charge is 0.239 e. The summed E-state index contributed by atoms with van der Waals surface area (Å²) in [5.41, 5.74) is 5.72. The molecule has 0 spiro atoms. The van der Waals surface area contributed by atoms with Crippen LogP contribution in [0, 0.1) is 5.92 Å². The number of nitrogens with one attached hydrogen (secondary N) is 1. The van der Waals surface area contributed by atoms with E-state index in [4.69, 9.17) is 10.5 Å². The largest absolute Gasteiger partial charge is 0.383 e. The van der Waals surface area contributed by atoms with Gasteiger partial charge in [-0.3, -0.25) is 4.79 Å². The Morgan fingerprint density at radius 2 is 2.06 bits per heavy atom. The van der Waals surface area contributed by atoms with Crippen LogP contribution in [0.4, 0.5) is 0 Å². The van der Waals surface area contributed by atoms with E-state index in [1.165, 1.54) is 32.1 Å². The number of hydrogen-bond donors (Lipinski definition) is 2. The predicted molar refractivity (Wildman–Crippen MR) is 68.6 cm³/mol. The van der Waals surface area contributed by atoms with Crippen LogP contribution in [-0.4, -0.2) is 31.7 Å². The van der Waals surface area contributed by atoms with Crippen LogP contribution in [0.15, 0.2) is 0 Å². The van der Waals surface area contributed by atoms with Crippen molar-refractivity contribution in [3.8, 4) is 0 Å². The molecule has 1 amide bonds. The Morgan fingerprint density at radius 3 is 2.59 bits per heavy atom. The summed E-state index contributed by atoms with van der Waals surface area (Å²) < 4.78 is 4.90. The zero-order valence-corrected chi connectivity index (χ0v) is 11.1. The van der Waals surface area contributed by atoms with Gasteiger partial charge >= 0.3 is 0 Å². The maximum Gasteiger partial charge on any atom is 0.239 e. The first-order chi connectivity index (χ1) is 8.19. The zero-order chi connectivity index (χ0) is 12.7. The molecule has 0 saturated heterocycles. The molecule has 2 unspecified atom stereocenters. The average molecular weight is 242 g/mol. The van der Waals surface area contributed by atoms with E-state index < -0.39 is 6.04 Å². The van der Waals surface area contributed by atoms with Crippen molar-refractivity contribution < 1.29 is 9.53 Å². The number of carbonyl (C=O) groups excluding carboxylic acids is 1. The van der Waals surface area contributed by atoms with Gasteiger partial charge in [0.15, 0.2) is 0 Å². The molecule has 4 nitrogen and oxygen atoms in total. The summed E-state index contributed by atoms with van der Waals surface area (Å²) in [6.07, 6.45) is 7.37. The molecule has 2 atom stereocenters. The minimum absolute atomic E-state index is 0.0794. The van der Waals surface area contributed by atoms with Gasteiger partial charge in [-0.1, -0.05) is 26.2 Å². The van der Waals surface area contributed by atoms with Crippen molar-refractivity contribution in [2.45, 2.75) is 57.5 Å². The van der Waals surface area contributed by atoms with E-state index in [-0.39, 0.29) is 18.6 Å². The first-order valence-electron chi connectivity index (χ1n) is 6.74. The molecule has 1 fully saturated rings. The third-order valence-corrected chi connectivity index (χ3v) is 3.67. The summed E-state index contributed by atoms with van der Waals surface area (Å²) in [6.45, 7) is 2.41. The van der Waals surface area contributed by atoms with Crippen molar-refractivity contribution in [3.63, 3.8) is 0 Å². The Hall–Kier alpha value is -0.610. The third kappa shape index (κ3) is 4.64. The average Bonchev–Trinajstić information content (AvgIpc) is 2.37. The lowest BCUT2D eigenvalue weighted by atomic mass is 9.83. The van der Waals surface area contributed by atoms with Crippen LogP contribution >= 0.6 is 0 Å². The molecule has 0 aromatic rings. The fraction of sp³-hybridized carbons (Fsp3) is 0.923. The highest BCUT2D eigenvalue weighted by molar-refractivity contribution is 5.81. The Kier molecular flexibility index (Phi) is 6.52. The van der Waals surface area contributed by atoms with Crippen LogP contribution in [0.3, 0.4) is 0 Å². The van der Waals surface area contributed by atoms with Crippen molar-refractivity contribution in [3.05, 3.63) is 0 Å². The van der Waals surface area contributed by atoms with E-state index >= 15 is 0 Å². The SMILES string of the molecule is CCC(NC(=O)C(N)COC)C1CCCCC1. The van der Waals surface area contributed by atoms with Gasteiger partial charge in [0.2, 0.25) is 5.91 Å². The minimum atomic E-state index is -0.544.